The minimum absolute atomic E-state index is 0.388. The highest BCUT2D eigenvalue weighted by molar-refractivity contribution is 7.14. The van der Waals surface area contributed by atoms with Crippen molar-refractivity contribution >= 4 is 28.9 Å². The van der Waals surface area contributed by atoms with Crippen LogP contribution in [0.25, 0.3) is 10.7 Å². The average Bonchev–Trinajstić information content (AvgIpc) is 2.60. The molecule has 0 radical (unpaired) electrons. The maximum Gasteiger partial charge on any atom is 0.218 e. The monoisotopic (exact) mass is 214 g/mol. The Morgan fingerprint density at radius 2 is 2.38 bits per heavy atom. The molecule has 13 heavy (non-hydrogen) atoms. The summed E-state index contributed by atoms with van der Waals surface area (Å²) in [7, 11) is 1.74. The highest BCUT2D eigenvalue weighted by Crippen LogP contribution is 2.30. The largest absolute Gasteiger partial charge is 0.368 e. The van der Waals surface area contributed by atoms with Crippen LogP contribution in [0.4, 0.5) is 5.95 Å². The Balaban J connectivity index is 2.53. The SMILES string of the molecule is Cn1nc(-c2sccc2Cl)nc1N. The molecule has 0 fully saturated rings. The minimum atomic E-state index is 0.388. The van der Waals surface area contributed by atoms with Crippen LogP contribution >= 0.6 is 22.9 Å². The molecule has 0 spiro atoms. The van der Waals surface area contributed by atoms with Crippen LogP contribution in [0, 0.1) is 0 Å². The van der Waals surface area contributed by atoms with Crippen molar-refractivity contribution in [3.63, 3.8) is 0 Å². The lowest BCUT2D eigenvalue weighted by atomic mass is 10.4. The first-order valence-electron chi connectivity index (χ1n) is 3.58. The van der Waals surface area contributed by atoms with E-state index in [1.54, 1.807) is 7.05 Å². The molecule has 0 aliphatic rings. The third-order valence-corrected chi connectivity index (χ3v) is 2.95. The van der Waals surface area contributed by atoms with E-state index < -0.39 is 0 Å². The fourth-order valence-corrected chi connectivity index (χ4v) is 2.01. The Labute approximate surface area is 84.0 Å². The first-order chi connectivity index (χ1) is 6.18. The second-order valence-corrected chi connectivity index (χ2v) is 3.84. The van der Waals surface area contributed by atoms with Gasteiger partial charge in [-0.15, -0.1) is 16.4 Å². The van der Waals surface area contributed by atoms with Gasteiger partial charge < -0.3 is 5.73 Å². The predicted octanol–water partition coefficient (Wildman–Crippen LogP) is 1.78. The van der Waals surface area contributed by atoms with Gasteiger partial charge in [0.1, 0.15) is 0 Å². The number of hydrogen-bond donors (Lipinski definition) is 1. The summed E-state index contributed by atoms with van der Waals surface area (Å²) in [5.41, 5.74) is 5.55. The quantitative estimate of drug-likeness (QED) is 0.787. The van der Waals surface area contributed by atoms with E-state index in [4.69, 9.17) is 17.3 Å². The van der Waals surface area contributed by atoms with E-state index in [0.29, 0.717) is 16.8 Å². The van der Waals surface area contributed by atoms with Crippen LogP contribution in [0.15, 0.2) is 11.4 Å². The van der Waals surface area contributed by atoms with Gasteiger partial charge in [0, 0.05) is 7.05 Å². The van der Waals surface area contributed by atoms with Gasteiger partial charge in [-0.3, -0.25) is 0 Å². The molecule has 2 N–H and O–H groups in total. The Bertz CT molecular complexity index is 414. The van der Waals surface area contributed by atoms with Gasteiger partial charge in [0.25, 0.3) is 0 Å². The number of aryl methyl sites for hydroxylation is 1. The molecule has 0 aliphatic heterocycles. The van der Waals surface area contributed by atoms with Crippen LogP contribution in [0.5, 0.6) is 0 Å². The highest BCUT2D eigenvalue weighted by atomic mass is 35.5. The first-order valence-corrected chi connectivity index (χ1v) is 4.84. The molecule has 0 aromatic carbocycles. The molecule has 0 atom stereocenters. The fourth-order valence-electron chi connectivity index (χ4n) is 0.946. The number of nitrogens with zero attached hydrogens (tertiary/aromatic N) is 3. The van der Waals surface area contributed by atoms with Crippen molar-refractivity contribution in [3.05, 3.63) is 16.5 Å². The molecule has 2 aromatic rings. The third-order valence-electron chi connectivity index (χ3n) is 1.62. The predicted molar refractivity (Wildman–Crippen MR) is 53.7 cm³/mol. The van der Waals surface area contributed by atoms with Crippen molar-refractivity contribution in [1.82, 2.24) is 14.8 Å². The number of hydrogen-bond acceptors (Lipinski definition) is 4. The van der Waals surface area contributed by atoms with Crippen molar-refractivity contribution in [2.45, 2.75) is 0 Å². The molecule has 0 saturated heterocycles. The topological polar surface area (TPSA) is 56.7 Å². The maximum absolute atomic E-state index is 5.92. The van der Waals surface area contributed by atoms with E-state index in [2.05, 4.69) is 10.1 Å². The van der Waals surface area contributed by atoms with Gasteiger partial charge in [-0.1, -0.05) is 11.6 Å². The molecule has 4 nitrogen and oxygen atoms in total. The van der Waals surface area contributed by atoms with Crippen molar-refractivity contribution in [3.8, 4) is 10.7 Å². The summed E-state index contributed by atoms with van der Waals surface area (Å²) < 4.78 is 1.52. The Kier molecular flexibility index (Phi) is 1.97. The summed E-state index contributed by atoms with van der Waals surface area (Å²) in [5.74, 6) is 0.972. The zero-order valence-corrected chi connectivity index (χ0v) is 8.43. The van der Waals surface area contributed by atoms with Crippen LogP contribution in [-0.2, 0) is 7.05 Å². The van der Waals surface area contributed by atoms with Crippen molar-refractivity contribution in [2.75, 3.05) is 5.73 Å². The smallest absolute Gasteiger partial charge is 0.218 e. The lowest BCUT2D eigenvalue weighted by Crippen LogP contribution is -1.97. The number of nitrogens with two attached hydrogens (primary N) is 1. The normalized spacial score (nSPS) is 10.6. The molecule has 68 valence electrons. The lowest BCUT2D eigenvalue weighted by Gasteiger charge is -1.88. The first kappa shape index (κ1) is 8.52. The zero-order chi connectivity index (χ0) is 9.42. The van der Waals surface area contributed by atoms with E-state index in [-0.39, 0.29) is 0 Å². The second kappa shape index (κ2) is 3.01. The molecule has 6 heteroatoms. The van der Waals surface area contributed by atoms with E-state index in [0.717, 1.165) is 4.88 Å². The average molecular weight is 215 g/mol. The number of nitrogen functional groups attached to an aromatic ring is 1. The third kappa shape index (κ3) is 1.40. The molecule has 2 rings (SSSR count). The van der Waals surface area contributed by atoms with Crippen LogP contribution in [0.1, 0.15) is 0 Å². The number of anilines is 1. The van der Waals surface area contributed by atoms with Gasteiger partial charge in [-0.2, -0.15) is 4.98 Å². The van der Waals surface area contributed by atoms with E-state index in [1.807, 2.05) is 11.4 Å². The number of aromatic nitrogens is 3. The Hall–Kier alpha value is -1.07. The van der Waals surface area contributed by atoms with Gasteiger partial charge >= 0.3 is 0 Å². The van der Waals surface area contributed by atoms with Gasteiger partial charge in [0.2, 0.25) is 5.95 Å². The number of rotatable bonds is 1. The summed E-state index contributed by atoms with van der Waals surface area (Å²) in [6.45, 7) is 0. The maximum atomic E-state index is 5.92. The Morgan fingerprint density at radius 3 is 2.85 bits per heavy atom. The van der Waals surface area contributed by atoms with Crippen LogP contribution in [0.2, 0.25) is 5.02 Å². The fraction of sp³-hybridized carbons (Fsp3) is 0.143. The van der Waals surface area contributed by atoms with Gasteiger partial charge in [-0.05, 0) is 11.4 Å². The second-order valence-electron chi connectivity index (χ2n) is 2.51. The standard InChI is InChI=1S/C7H7ClN4S/c1-12-7(9)10-6(11-12)5-4(8)2-3-13-5/h2-3H,1H3,(H2,9,10,11). The van der Waals surface area contributed by atoms with Gasteiger partial charge in [0.05, 0.1) is 9.90 Å². The van der Waals surface area contributed by atoms with Crippen molar-refractivity contribution < 1.29 is 0 Å². The zero-order valence-electron chi connectivity index (χ0n) is 6.86. The van der Waals surface area contributed by atoms with Crippen molar-refractivity contribution in [2.24, 2.45) is 7.05 Å². The summed E-state index contributed by atoms with van der Waals surface area (Å²) in [6, 6.07) is 1.81. The lowest BCUT2D eigenvalue weighted by molar-refractivity contribution is 0.781. The summed E-state index contributed by atoms with van der Waals surface area (Å²) in [4.78, 5) is 4.92. The molecule has 0 aliphatic carbocycles. The molecule has 0 saturated carbocycles. The van der Waals surface area contributed by atoms with Crippen LogP contribution in [-0.4, -0.2) is 14.8 Å². The van der Waals surface area contributed by atoms with E-state index in [1.165, 1.54) is 16.0 Å². The molecule has 2 aromatic heterocycles. The molecule has 0 bridgehead atoms. The van der Waals surface area contributed by atoms with Gasteiger partial charge in [0.15, 0.2) is 5.82 Å². The van der Waals surface area contributed by atoms with Crippen LogP contribution in [0.3, 0.4) is 0 Å². The molecule has 0 unspecified atom stereocenters. The van der Waals surface area contributed by atoms with Crippen LogP contribution < -0.4 is 5.73 Å². The number of halogens is 1. The summed E-state index contributed by atoms with van der Waals surface area (Å²) >= 11 is 7.42. The number of thiophene rings is 1. The van der Waals surface area contributed by atoms with Crippen molar-refractivity contribution in [1.29, 1.82) is 0 Å². The molecular formula is C7H7ClN4S. The Morgan fingerprint density at radius 1 is 1.62 bits per heavy atom. The van der Waals surface area contributed by atoms with E-state index >= 15 is 0 Å². The van der Waals surface area contributed by atoms with E-state index in [9.17, 15) is 0 Å². The minimum Gasteiger partial charge on any atom is -0.368 e. The van der Waals surface area contributed by atoms with Gasteiger partial charge in [-0.25, -0.2) is 4.68 Å². The molecule has 2 heterocycles. The summed E-state index contributed by atoms with van der Waals surface area (Å²) in [6.07, 6.45) is 0. The highest BCUT2D eigenvalue weighted by Gasteiger charge is 2.11. The summed E-state index contributed by atoms with van der Waals surface area (Å²) in [5, 5.41) is 6.68. The molecular weight excluding hydrogens is 208 g/mol. The molecule has 0 amide bonds.